The first-order valence-electron chi connectivity index (χ1n) is 10.6. The number of hydrogen-bond acceptors (Lipinski definition) is 4. The molecule has 1 aliphatic rings. The number of halogens is 1. The van der Waals surface area contributed by atoms with E-state index in [0.717, 1.165) is 48.4 Å². The molecule has 0 bridgehead atoms. The molecule has 2 aromatic rings. The van der Waals surface area contributed by atoms with Gasteiger partial charge in [-0.3, -0.25) is 19.4 Å². The van der Waals surface area contributed by atoms with Crippen molar-refractivity contribution in [2.24, 2.45) is 0 Å². The number of benzene rings is 2. The second-order valence-corrected chi connectivity index (χ2v) is 9.18. The van der Waals surface area contributed by atoms with Gasteiger partial charge in [-0.2, -0.15) is 0 Å². The van der Waals surface area contributed by atoms with Crippen LogP contribution in [0.5, 0.6) is 0 Å². The fraction of sp³-hybridized carbons (Fsp3) is 0.417. The summed E-state index contributed by atoms with van der Waals surface area (Å²) in [6.07, 6.45) is 0. The average Bonchev–Trinajstić information content (AvgIpc) is 2.72. The molecule has 7 heteroatoms. The number of rotatable bonds is 7. The first-order chi connectivity index (χ1) is 14.8. The first kappa shape index (κ1) is 23.4. The van der Waals surface area contributed by atoms with Gasteiger partial charge in [-0.25, -0.2) is 0 Å². The fourth-order valence-electron chi connectivity index (χ4n) is 3.77. The van der Waals surface area contributed by atoms with Crippen molar-refractivity contribution in [1.82, 2.24) is 14.7 Å². The predicted molar refractivity (Wildman–Crippen MR) is 128 cm³/mol. The van der Waals surface area contributed by atoms with Gasteiger partial charge in [0.25, 0.3) is 0 Å². The molecule has 2 aromatic carbocycles. The normalized spacial score (nSPS) is 14.7. The standard InChI is InChI=1S/C24H31BrN4O2/c1-18-6-4-5-7-20(18)15-28-10-12-29(13-11-28)24(31)17-27(3)16-23(30)26-22-9-8-21(25)14-19(22)2/h4-9,14H,10-13,15-17H2,1-3H3,(H,26,30). The summed E-state index contributed by atoms with van der Waals surface area (Å²) in [6, 6.07) is 14.2. The van der Waals surface area contributed by atoms with Crippen LogP contribution in [0.2, 0.25) is 0 Å². The summed E-state index contributed by atoms with van der Waals surface area (Å²) in [5.41, 5.74) is 4.43. The third-order valence-corrected chi connectivity index (χ3v) is 6.15. The van der Waals surface area contributed by atoms with Crippen LogP contribution in [0.3, 0.4) is 0 Å². The van der Waals surface area contributed by atoms with Crippen molar-refractivity contribution in [1.29, 1.82) is 0 Å². The Morgan fingerprint density at radius 2 is 1.71 bits per heavy atom. The van der Waals surface area contributed by atoms with E-state index in [-0.39, 0.29) is 24.9 Å². The number of hydrogen-bond donors (Lipinski definition) is 1. The van der Waals surface area contributed by atoms with Crippen LogP contribution in [0, 0.1) is 13.8 Å². The third-order valence-electron chi connectivity index (χ3n) is 5.66. The zero-order valence-electron chi connectivity index (χ0n) is 18.5. The van der Waals surface area contributed by atoms with Crippen LogP contribution in [0.1, 0.15) is 16.7 Å². The molecular formula is C24H31BrN4O2. The molecule has 0 radical (unpaired) electrons. The van der Waals surface area contributed by atoms with Crippen LogP contribution in [-0.4, -0.2) is 72.8 Å². The lowest BCUT2D eigenvalue weighted by atomic mass is 10.1. The van der Waals surface area contributed by atoms with Crippen molar-refractivity contribution in [2.45, 2.75) is 20.4 Å². The Balaban J connectivity index is 1.41. The quantitative estimate of drug-likeness (QED) is 0.652. The lowest BCUT2D eigenvalue weighted by molar-refractivity contribution is -0.134. The number of amides is 2. The van der Waals surface area contributed by atoms with Gasteiger partial charge in [0.1, 0.15) is 0 Å². The van der Waals surface area contributed by atoms with Gasteiger partial charge < -0.3 is 10.2 Å². The highest BCUT2D eigenvalue weighted by atomic mass is 79.9. The van der Waals surface area contributed by atoms with Gasteiger partial charge in [-0.15, -0.1) is 0 Å². The van der Waals surface area contributed by atoms with Crippen molar-refractivity contribution in [3.05, 3.63) is 63.6 Å². The Hall–Kier alpha value is -2.22. The Labute approximate surface area is 193 Å². The van der Waals surface area contributed by atoms with Gasteiger partial charge in [-0.1, -0.05) is 40.2 Å². The van der Waals surface area contributed by atoms with E-state index in [1.54, 1.807) is 11.9 Å². The lowest BCUT2D eigenvalue weighted by Crippen LogP contribution is -2.51. The van der Waals surface area contributed by atoms with Crippen molar-refractivity contribution in [3.8, 4) is 0 Å². The van der Waals surface area contributed by atoms with Crippen LogP contribution in [0.4, 0.5) is 5.69 Å². The number of nitrogens with one attached hydrogen (secondary N) is 1. The van der Waals surface area contributed by atoms with Crippen LogP contribution >= 0.6 is 15.9 Å². The fourth-order valence-corrected chi connectivity index (χ4v) is 4.25. The lowest BCUT2D eigenvalue weighted by Gasteiger charge is -2.35. The summed E-state index contributed by atoms with van der Waals surface area (Å²) in [5.74, 6) is -0.0468. The van der Waals surface area contributed by atoms with Crippen molar-refractivity contribution in [3.63, 3.8) is 0 Å². The van der Waals surface area contributed by atoms with Gasteiger partial charge >= 0.3 is 0 Å². The van der Waals surface area contributed by atoms with Gasteiger partial charge in [0.2, 0.25) is 11.8 Å². The molecule has 166 valence electrons. The molecule has 31 heavy (non-hydrogen) atoms. The predicted octanol–water partition coefficient (Wildman–Crippen LogP) is 3.28. The summed E-state index contributed by atoms with van der Waals surface area (Å²) in [7, 11) is 1.81. The number of anilines is 1. The average molecular weight is 487 g/mol. The maximum absolute atomic E-state index is 12.7. The van der Waals surface area contributed by atoms with E-state index in [4.69, 9.17) is 0 Å². The van der Waals surface area contributed by atoms with E-state index < -0.39 is 0 Å². The number of likely N-dealkylation sites (N-methyl/N-ethyl adjacent to an activating group) is 1. The van der Waals surface area contributed by atoms with E-state index in [1.807, 2.05) is 30.0 Å². The third kappa shape index (κ3) is 6.89. The van der Waals surface area contributed by atoms with Crippen LogP contribution in [0.15, 0.2) is 46.9 Å². The summed E-state index contributed by atoms with van der Waals surface area (Å²) in [4.78, 5) is 31.1. The maximum Gasteiger partial charge on any atom is 0.238 e. The van der Waals surface area contributed by atoms with Crippen LogP contribution in [0.25, 0.3) is 0 Å². The minimum atomic E-state index is -0.122. The molecule has 0 unspecified atom stereocenters. The summed E-state index contributed by atoms with van der Waals surface area (Å²) >= 11 is 3.42. The van der Waals surface area contributed by atoms with Crippen LogP contribution in [-0.2, 0) is 16.1 Å². The smallest absolute Gasteiger partial charge is 0.238 e. The van der Waals surface area contributed by atoms with Gasteiger partial charge in [0.15, 0.2) is 0 Å². The van der Waals surface area contributed by atoms with Crippen LogP contribution < -0.4 is 5.32 Å². The second-order valence-electron chi connectivity index (χ2n) is 8.26. The minimum absolute atomic E-state index is 0.0747. The highest BCUT2D eigenvalue weighted by molar-refractivity contribution is 9.10. The highest BCUT2D eigenvalue weighted by Crippen LogP contribution is 2.20. The molecule has 0 atom stereocenters. The summed E-state index contributed by atoms with van der Waals surface area (Å²) in [6.45, 7) is 8.61. The topological polar surface area (TPSA) is 55.9 Å². The van der Waals surface area contributed by atoms with Gasteiger partial charge in [-0.05, 0) is 55.8 Å². The molecule has 0 spiro atoms. The van der Waals surface area contributed by atoms with Gasteiger partial charge in [0, 0.05) is 42.9 Å². The molecule has 0 saturated carbocycles. The molecule has 1 heterocycles. The molecule has 0 aliphatic carbocycles. The Kier molecular flexibility index (Phi) is 8.23. The largest absolute Gasteiger partial charge is 0.339 e. The molecule has 2 amide bonds. The Bertz CT molecular complexity index is 926. The van der Waals surface area contributed by atoms with E-state index in [2.05, 4.69) is 57.3 Å². The molecule has 0 aromatic heterocycles. The van der Waals surface area contributed by atoms with Crippen molar-refractivity contribution < 1.29 is 9.59 Å². The zero-order chi connectivity index (χ0) is 22.4. The van der Waals surface area contributed by atoms with E-state index in [9.17, 15) is 9.59 Å². The van der Waals surface area contributed by atoms with E-state index >= 15 is 0 Å². The molecule has 1 saturated heterocycles. The number of piperazine rings is 1. The molecule has 6 nitrogen and oxygen atoms in total. The summed E-state index contributed by atoms with van der Waals surface area (Å²) in [5, 5.41) is 2.92. The van der Waals surface area contributed by atoms with E-state index in [0.29, 0.717) is 0 Å². The monoisotopic (exact) mass is 486 g/mol. The van der Waals surface area contributed by atoms with E-state index in [1.165, 1.54) is 11.1 Å². The highest BCUT2D eigenvalue weighted by Gasteiger charge is 2.22. The Morgan fingerprint density at radius 3 is 2.39 bits per heavy atom. The number of carbonyl (C=O) groups excluding carboxylic acids is 2. The van der Waals surface area contributed by atoms with Crippen molar-refractivity contribution in [2.75, 3.05) is 51.6 Å². The molecule has 1 N–H and O–H groups in total. The number of aryl methyl sites for hydroxylation is 2. The van der Waals surface area contributed by atoms with Gasteiger partial charge in [0.05, 0.1) is 13.1 Å². The molecular weight excluding hydrogens is 456 g/mol. The number of nitrogens with zero attached hydrogens (tertiary/aromatic N) is 3. The van der Waals surface area contributed by atoms with Crippen molar-refractivity contribution >= 4 is 33.4 Å². The first-order valence-corrected chi connectivity index (χ1v) is 11.4. The zero-order valence-corrected chi connectivity index (χ0v) is 20.1. The Morgan fingerprint density at radius 1 is 1.00 bits per heavy atom. The number of carbonyl (C=O) groups is 2. The molecule has 3 rings (SSSR count). The molecule has 1 fully saturated rings. The second kappa shape index (κ2) is 10.9. The molecule has 1 aliphatic heterocycles. The SMILES string of the molecule is Cc1ccccc1CN1CCN(C(=O)CN(C)CC(=O)Nc2ccc(Br)cc2C)CC1. The maximum atomic E-state index is 12.7. The summed E-state index contributed by atoms with van der Waals surface area (Å²) < 4.78 is 0.977. The minimum Gasteiger partial charge on any atom is -0.339 e.